The maximum Gasteiger partial charge on any atom is 0.422 e. The SMILES string of the molecule is CC(N)=C(NC(=O)c1cc(P)c(-c2ccc(C)c(N)n2)cc1OCC(F)(F)F)C(=N)Cl. The summed E-state index contributed by atoms with van der Waals surface area (Å²) in [7, 11) is 2.39. The van der Waals surface area contributed by atoms with Crippen LogP contribution in [0.1, 0.15) is 22.8 Å². The van der Waals surface area contributed by atoms with Gasteiger partial charge in [0.15, 0.2) is 6.61 Å². The van der Waals surface area contributed by atoms with E-state index in [4.69, 9.17) is 33.2 Å². The van der Waals surface area contributed by atoms with Crippen molar-refractivity contribution in [3.63, 3.8) is 0 Å². The Kier molecular flexibility index (Phi) is 7.51. The van der Waals surface area contributed by atoms with Crippen molar-refractivity contribution in [3.05, 3.63) is 46.8 Å². The number of nitrogens with zero attached hydrogens (tertiary/aromatic N) is 1. The van der Waals surface area contributed by atoms with E-state index in [1.54, 1.807) is 19.1 Å². The van der Waals surface area contributed by atoms with Gasteiger partial charge in [0.25, 0.3) is 5.91 Å². The van der Waals surface area contributed by atoms with Gasteiger partial charge in [-0.05, 0) is 42.9 Å². The number of anilines is 1. The van der Waals surface area contributed by atoms with Crippen LogP contribution < -0.4 is 26.8 Å². The molecule has 0 saturated heterocycles. The van der Waals surface area contributed by atoms with Crippen LogP contribution in [0.25, 0.3) is 11.3 Å². The van der Waals surface area contributed by atoms with Crippen LogP contribution in [-0.4, -0.2) is 28.8 Å². The second kappa shape index (κ2) is 9.53. The molecule has 1 aromatic heterocycles. The number of nitrogen functional groups attached to an aromatic ring is 1. The van der Waals surface area contributed by atoms with Crippen LogP contribution in [0, 0.1) is 12.3 Å². The molecular formula is C19H20ClF3N5O2P. The Morgan fingerprint density at radius 2 is 2.00 bits per heavy atom. The number of halogens is 4. The molecule has 1 amide bonds. The molecule has 12 heteroatoms. The Bertz CT molecular complexity index is 1070. The highest BCUT2D eigenvalue weighted by atomic mass is 35.5. The molecule has 0 aliphatic carbocycles. The lowest BCUT2D eigenvalue weighted by molar-refractivity contribution is -0.153. The minimum absolute atomic E-state index is 0.0492. The average Bonchev–Trinajstić information content (AvgIpc) is 2.65. The fourth-order valence-corrected chi connectivity index (χ4v) is 3.07. The standard InChI is InChI=1S/C19H20ClF3N5O2P/c1-8-3-4-12(27-17(8)26)10-5-13(30-7-19(21,22)23)11(6-14(10)31)18(29)28-15(9(2)24)16(20)25/h3-6,25H,7,24,31H2,1-2H3,(H2,26,27)(H,28,29). The van der Waals surface area contributed by atoms with Crippen molar-refractivity contribution in [3.8, 4) is 17.0 Å². The molecule has 2 aromatic rings. The number of carbonyl (C=O) groups is 1. The molecule has 0 spiro atoms. The molecule has 1 aromatic carbocycles. The number of allylic oxidation sites excluding steroid dienone is 2. The van der Waals surface area contributed by atoms with E-state index >= 15 is 0 Å². The summed E-state index contributed by atoms with van der Waals surface area (Å²) in [6.45, 7) is 1.56. The zero-order chi connectivity index (χ0) is 23.5. The highest BCUT2D eigenvalue weighted by Gasteiger charge is 2.30. The topological polar surface area (TPSA) is 127 Å². The van der Waals surface area contributed by atoms with Crippen molar-refractivity contribution < 1.29 is 22.7 Å². The first-order chi connectivity index (χ1) is 14.3. The van der Waals surface area contributed by atoms with Crippen LogP contribution in [-0.2, 0) is 0 Å². The number of aromatic nitrogens is 1. The Morgan fingerprint density at radius 1 is 1.35 bits per heavy atom. The Labute approximate surface area is 183 Å². The van der Waals surface area contributed by atoms with Gasteiger partial charge in [-0.15, -0.1) is 9.24 Å². The number of hydrogen-bond donors (Lipinski definition) is 4. The number of nitrogens with two attached hydrogens (primary N) is 2. The van der Waals surface area contributed by atoms with Gasteiger partial charge < -0.3 is 21.5 Å². The predicted octanol–water partition coefficient (Wildman–Crippen LogP) is 3.22. The van der Waals surface area contributed by atoms with E-state index in [1.807, 2.05) is 0 Å². The Morgan fingerprint density at radius 3 is 2.52 bits per heavy atom. The van der Waals surface area contributed by atoms with Gasteiger partial charge in [-0.3, -0.25) is 10.2 Å². The second-order valence-corrected chi connectivity index (χ2v) is 7.56. The predicted molar refractivity (Wildman–Crippen MR) is 118 cm³/mol. The molecule has 6 N–H and O–H groups in total. The molecule has 7 nitrogen and oxygen atoms in total. The third-order valence-corrected chi connectivity index (χ3v) is 4.72. The number of amides is 1. The van der Waals surface area contributed by atoms with Gasteiger partial charge in [-0.25, -0.2) is 4.98 Å². The molecule has 0 bridgehead atoms. The summed E-state index contributed by atoms with van der Waals surface area (Å²) < 4.78 is 43.2. The van der Waals surface area contributed by atoms with Crippen LogP contribution in [0.3, 0.4) is 0 Å². The third kappa shape index (κ3) is 6.32. The molecule has 1 atom stereocenters. The van der Waals surface area contributed by atoms with Crippen LogP contribution in [0.2, 0.25) is 0 Å². The number of benzene rings is 1. The maximum absolute atomic E-state index is 12.8. The first-order valence-electron chi connectivity index (χ1n) is 8.69. The van der Waals surface area contributed by atoms with Crippen molar-refractivity contribution in [2.24, 2.45) is 5.73 Å². The number of aryl methyl sites for hydroxylation is 1. The lowest BCUT2D eigenvalue weighted by Crippen LogP contribution is -2.29. The van der Waals surface area contributed by atoms with Crippen molar-refractivity contribution in [1.29, 1.82) is 5.41 Å². The number of ether oxygens (including phenoxy) is 1. The average molecular weight is 474 g/mol. The summed E-state index contributed by atoms with van der Waals surface area (Å²) in [6, 6.07) is 5.95. The Balaban J connectivity index is 2.57. The number of pyridine rings is 1. The smallest absolute Gasteiger partial charge is 0.422 e. The molecule has 0 fully saturated rings. The molecule has 1 unspecified atom stereocenters. The normalized spacial score (nSPS) is 12.2. The maximum atomic E-state index is 12.8. The second-order valence-electron chi connectivity index (χ2n) is 6.56. The van der Waals surface area contributed by atoms with Crippen molar-refractivity contribution in [2.45, 2.75) is 20.0 Å². The lowest BCUT2D eigenvalue weighted by atomic mass is 10.1. The molecule has 2 rings (SSSR count). The van der Waals surface area contributed by atoms with Crippen molar-refractivity contribution in [2.75, 3.05) is 12.3 Å². The van der Waals surface area contributed by atoms with E-state index in [1.165, 1.54) is 19.1 Å². The summed E-state index contributed by atoms with van der Waals surface area (Å²) in [5.74, 6) is -0.934. The Hall–Kier alpha value is -2.84. The summed E-state index contributed by atoms with van der Waals surface area (Å²) >= 11 is 5.62. The summed E-state index contributed by atoms with van der Waals surface area (Å²) in [5, 5.41) is 9.74. The molecule has 0 radical (unpaired) electrons. The van der Waals surface area contributed by atoms with Crippen LogP contribution in [0.5, 0.6) is 5.75 Å². The van der Waals surface area contributed by atoms with E-state index in [0.717, 1.165) is 5.56 Å². The van der Waals surface area contributed by atoms with E-state index < -0.39 is 23.9 Å². The van der Waals surface area contributed by atoms with Crippen molar-refractivity contribution in [1.82, 2.24) is 10.3 Å². The number of carbonyl (C=O) groups excluding carboxylic acids is 1. The molecule has 0 saturated carbocycles. The molecular weight excluding hydrogens is 454 g/mol. The summed E-state index contributed by atoms with van der Waals surface area (Å²) in [5.41, 5.74) is 12.6. The van der Waals surface area contributed by atoms with Crippen LogP contribution in [0.15, 0.2) is 35.7 Å². The molecule has 0 aliphatic rings. The highest BCUT2D eigenvalue weighted by molar-refractivity contribution is 7.28. The van der Waals surface area contributed by atoms with Gasteiger partial charge in [0.05, 0.1) is 17.0 Å². The van der Waals surface area contributed by atoms with E-state index in [-0.39, 0.29) is 28.5 Å². The van der Waals surface area contributed by atoms with E-state index in [2.05, 4.69) is 19.5 Å². The van der Waals surface area contributed by atoms with Gasteiger partial charge in [0.1, 0.15) is 16.7 Å². The van der Waals surface area contributed by atoms with Gasteiger partial charge in [0.2, 0.25) is 0 Å². The van der Waals surface area contributed by atoms with Gasteiger partial charge in [-0.1, -0.05) is 17.7 Å². The first kappa shape index (κ1) is 24.4. The monoisotopic (exact) mass is 473 g/mol. The zero-order valence-corrected chi connectivity index (χ0v) is 18.4. The first-order valence-corrected chi connectivity index (χ1v) is 9.64. The minimum atomic E-state index is -4.63. The van der Waals surface area contributed by atoms with Gasteiger partial charge in [-0.2, -0.15) is 13.2 Å². The van der Waals surface area contributed by atoms with E-state index in [9.17, 15) is 18.0 Å². The largest absolute Gasteiger partial charge is 0.483 e. The highest BCUT2D eigenvalue weighted by Crippen LogP contribution is 2.29. The fourth-order valence-electron chi connectivity index (χ4n) is 2.48. The summed E-state index contributed by atoms with van der Waals surface area (Å²) in [6.07, 6.45) is -4.63. The zero-order valence-electron chi connectivity index (χ0n) is 16.5. The molecule has 1 heterocycles. The number of hydrogen-bond acceptors (Lipinski definition) is 6. The number of rotatable bonds is 6. The van der Waals surface area contributed by atoms with E-state index in [0.29, 0.717) is 16.6 Å². The molecule has 0 aliphatic heterocycles. The third-order valence-electron chi connectivity index (χ3n) is 4.05. The molecule has 31 heavy (non-hydrogen) atoms. The molecule has 166 valence electrons. The summed E-state index contributed by atoms with van der Waals surface area (Å²) in [4.78, 5) is 17.0. The van der Waals surface area contributed by atoms with Crippen LogP contribution in [0.4, 0.5) is 19.0 Å². The number of alkyl halides is 3. The van der Waals surface area contributed by atoms with Crippen molar-refractivity contribution >= 4 is 43.0 Å². The lowest BCUT2D eigenvalue weighted by Gasteiger charge is -2.17. The van der Waals surface area contributed by atoms with Gasteiger partial charge >= 0.3 is 6.18 Å². The quantitative estimate of drug-likeness (QED) is 0.378. The minimum Gasteiger partial charge on any atom is -0.483 e. The number of nitrogens with one attached hydrogen (secondary N) is 2. The van der Waals surface area contributed by atoms with Crippen LogP contribution >= 0.6 is 20.8 Å². The fraction of sp³-hybridized carbons (Fsp3) is 0.211. The van der Waals surface area contributed by atoms with Gasteiger partial charge in [0, 0.05) is 11.3 Å².